The van der Waals surface area contributed by atoms with Crippen LogP contribution in [0.4, 0.5) is 0 Å². The second-order valence-electron chi connectivity index (χ2n) is 5.23. The van der Waals surface area contributed by atoms with E-state index in [9.17, 15) is 0 Å². The number of nitrogens with one attached hydrogen (secondary N) is 1. The van der Waals surface area contributed by atoms with Crippen molar-refractivity contribution >= 4 is 0 Å². The Bertz CT molecular complexity index is 566. The maximum absolute atomic E-state index is 4.69. The number of aryl methyl sites for hydroxylation is 2. The normalized spacial score (nSPS) is 14.4. The van der Waals surface area contributed by atoms with E-state index < -0.39 is 0 Å². The van der Waals surface area contributed by atoms with E-state index in [1.54, 1.807) is 0 Å². The molecule has 0 radical (unpaired) electrons. The van der Waals surface area contributed by atoms with Crippen LogP contribution in [-0.4, -0.2) is 16.1 Å². The quantitative estimate of drug-likeness (QED) is 0.914. The summed E-state index contributed by atoms with van der Waals surface area (Å²) in [6, 6.07) is 8.93. The lowest BCUT2D eigenvalue weighted by molar-refractivity contribution is 0.620. The number of imidazole rings is 1. The maximum Gasteiger partial charge on any atom is 0.110 e. The molecule has 0 aliphatic carbocycles. The highest BCUT2D eigenvalue weighted by Gasteiger charge is 2.18. The van der Waals surface area contributed by atoms with E-state index >= 15 is 0 Å². The molecular weight excluding hydrogens is 234 g/mol. The summed E-state index contributed by atoms with van der Waals surface area (Å²) in [4.78, 5) is 4.69. The molecule has 1 aromatic carbocycles. The molecular formula is C16H21N3. The Hall–Kier alpha value is -1.61. The van der Waals surface area contributed by atoms with Gasteiger partial charge in [0.25, 0.3) is 0 Å². The fourth-order valence-corrected chi connectivity index (χ4v) is 2.89. The van der Waals surface area contributed by atoms with E-state index in [1.807, 2.05) is 0 Å². The molecule has 2 heterocycles. The second kappa shape index (κ2) is 5.17. The van der Waals surface area contributed by atoms with Crippen LogP contribution >= 0.6 is 0 Å². The lowest BCUT2D eigenvalue weighted by Crippen LogP contribution is -2.24. The van der Waals surface area contributed by atoms with Crippen LogP contribution in [0.1, 0.15) is 36.1 Å². The highest BCUT2D eigenvalue weighted by atomic mass is 15.1. The molecule has 3 rings (SSSR count). The fraction of sp³-hybridized carbons (Fsp3) is 0.438. The Labute approximate surface area is 114 Å². The molecule has 0 saturated carbocycles. The van der Waals surface area contributed by atoms with Crippen molar-refractivity contribution in [3.63, 3.8) is 0 Å². The van der Waals surface area contributed by atoms with Crippen molar-refractivity contribution in [1.29, 1.82) is 0 Å². The van der Waals surface area contributed by atoms with E-state index in [1.165, 1.54) is 29.1 Å². The van der Waals surface area contributed by atoms with Crippen LogP contribution in [0.3, 0.4) is 0 Å². The van der Waals surface area contributed by atoms with Crippen molar-refractivity contribution in [2.24, 2.45) is 0 Å². The summed E-state index contributed by atoms with van der Waals surface area (Å²) in [6.45, 7) is 6.26. The summed E-state index contributed by atoms with van der Waals surface area (Å²) in [5, 5.41) is 3.38. The van der Waals surface area contributed by atoms with Gasteiger partial charge in [0.2, 0.25) is 0 Å². The monoisotopic (exact) mass is 255 g/mol. The number of hydrogen-bond donors (Lipinski definition) is 1. The van der Waals surface area contributed by atoms with Gasteiger partial charge in [-0.2, -0.15) is 0 Å². The van der Waals surface area contributed by atoms with E-state index in [2.05, 4.69) is 53.0 Å². The van der Waals surface area contributed by atoms with Gasteiger partial charge in [-0.15, -0.1) is 0 Å². The topological polar surface area (TPSA) is 29.9 Å². The number of hydrogen-bond acceptors (Lipinski definition) is 2. The van der Waals surface area contributed by atoms with Crippen LogP contribution in [0.2, 0.25) is 0 Å². The van der Waals surface area contributed by atoms with Crippen molar-refractivity contribution in [3.05, 3.63) is 47.0 Å². The zero-order chi connectivity index (χ0) is 13.2. The van der Waals surface area contributed by atoms with Crippen LogP contribution in [0.25, 0.3) is 5.69 Å². The molecule has 0 bridgehead atoms. The number of aromatic nitrogens is 2. The van der Waals surface area contributed by atoms with Gasteiger partial charge in [-0.25, -0.2) is 4.98 Å². The minimum Gasteiger partial charge on any atom is -0.311 e. The molecule has 0 amide bonds. The van der Waals surface area contributed by atoms with Gasteiger partial charge >= 0.3 is 0 Å². The minimum absolute atomic E-state index is 0.900. The SMILES string of the molecule is CCCc1ccc(-n2c(C)nc3c2CCNC3)cc1. The lowest BCUT2D eigenvalue weighted by Gasteiger charge is -2.16. The van der Waals surface area contributed by atoms with Crippen molar-refractivity contribution in [1.82, 2.24) is 14.9 Å². The van der Waals surface area contributed by atoms with E-state index in [-0.39, 0.29) is 0 Å². The molecule has 19 heavy (non-hydrogen) atoms. The predicted octanol–water partition coefficient (Wildman–Crippen LogP) is 2.78. The molecule has 2 aromatic rings. The first kappa shape index (κ1) is 12.4. The molecule has 0 saturated heterocycles. The summed E-state index contributed by atoms with van der Waals surface area (Å²) in [6.07, 6.45) is 3.42. The van der Waals surface area contributed by atoms with Gasteiger partial charge in [-0.3, -0.25) is 0 Å². The summed E-state index contributed by atoms with van der Waals surface area (Å²) < 4.78 is 2.31. The number of benzene rings is 1. The average molecular weight is 255 g/mol. The van der Waals surface area contributed by atoms with Gasteiger partial charge in [-0.05, 0) is 31.0 Å². The Balaban J connectivity index is 1.99. The third kappa shape index (κ3) is 2.30. The zero-order valence-electron chi connectivity index (χ0n) is 11.7. The molecule has 1 aliphatic heterocycles. The number of nitrogens with zero attached hydrogens (tertiary/aromatic N) is 2. The summed E-state index contributed by atoms with van der Waals surface area (Å²) >= 11 is 0. The first-order chi connectivity index (χ1) is 9.29. The Morgan fingerprint density at radius 3 is 2.79 bits per heavy atom. The third-order valence-electron chi connectivity index (χ3n) is 3.79. The number of fused-ring (bicyclic) bond motifs is 1. The summed E-state index contributed by atoms with van der Waals surface area (Å²) in [5.41, 5.74) is 5.24. The molecule has 1 aliphatic rings. The third-order valence-corrected chi connectivity index (χ3v) is 3.79. The molecule has 0 unspecified atom stereocenters. The van der Waals surface area contributed by atoms with E-state index in [0.717, 1.165) is 31.8 Å². The van der Waals surface area contributed by atoms with Gasteiger partial charge in [0.15, 0.2) is 0 Å². The Morgan fingerprint density at radius 1 is 1.26 bits per heavy atom. The lowest BCUT2D eigenvalue weighted by atomic mass is 10.1. The van der Waals surface area contributed by atoms with Crippen molar-refractivity contribution in [3.8, 4) is 5.69 Å². The van der Waals surface area contributed by atoms with E-state index in [0.29, 0.717) is 0 Å². The maximum atomic E-state index is 4.69. The standard InChI is InChI=1S/C16H21N3/c1-3-4-13-5-7-14(8-6-13)19-12(2)18-15-11-17-10-9-16(15)19/h5-8,17H,3-4,9-11H2,1-2H3. The first-order valence-electron chi connectivity index (χ1n) is 7.16. The molecule has 0 atom stereocenters. The van der Waals surface area contributed by atoms with Crippen LogP contribution in [0, 0.1) is 6.92 Å². The van der Waals surface area contributed by atoms with Crippen LogP contribution in [0.15, 0.2) is 24.3 Å². The van der Waals surface area contributed by atoms with Crippen molar-refractivity contribution in [2.45, 2.75) is 39.7 Å². The minimum atomic E-state index is 0.900. The first-order valence-corrected chi connectivity index (χ1v) is 7.16. The van der Waals surface area contributed by atoms with Crippen LogP contribution < -0.4 is 5.32 Å². The van der Waals surface area contributed by atoms with Gasteiger partial charge in [0, 0.05) is 30.9 Å². The Morgan fingerprint density at radius 2 is 2.05 bits per heavy atom. The Kier molecular flexibility index (Phi) is 3.38. The predicted molar refractivity (Wildman–Crippen MR) is 77.7 cm³/mol. The molecule has 0 fully saturated rings. The zero-order valence-corrected chi connectivity index (χ0v) is 11.7. The molecule has 1 N–H and O–H groups in total. The van der Waals surface area contributed by atoms with Gasteiger partial charge in [0.1, 0.15) is 5.82 Å². The van der Waals surface area contributed by atoms with Gasteiger partial charge in [-0.1, -0.05) is 25.5 Å². The highest BCUT2D eigenvalue weighted by molar-refractivity contribution is 5.40. The molecule has 100 valence electrons. The average Bonchev–Trinajstić information content (AvgIpc) is 2.76. The van der Waals surface area contributed by atoms with Crippen molar-refractivity contribution in [2.75, 3.05) is 6.54 Å². The summed E-state index contributed by atoms with van der Waals surface area (Å²) in [5.74, 6) is 1.09. The molecule has 0 spiro atoms. The van der Waals surface area contributed by atoms with Crippen LogP contribution in [0.5, 0.6) is 0 Å². The fourth-order valence-electron chi connectivity index (χ4n) is 2.89. The number of rotatable bonds is 3. The second-order valence-corrected chi connectivity index (χ2v) is 5.23. The van der Waals surface area contributed by atoms with Crippen LogP contribution in [-0.2, 0) is 19.4 Å². The van der Waals surface area contributed by atoms with Gasteiger partial charge < -0.3 is 9.88 Å². The molecule has 3 heteroatoms. The summed E-state index contributed by atoms with van der Waals surface area (Å²) in [7, 11) is 0. The van der Waals surface area contributed by atoms with Gasteiger partial charge in [0.05, 0.1) is 5.69 Å². The van der Waals surface area contributed by atoms with E-state index in [4.69, 9.17) is 0 Å². The largest absolute Gasteiger partial charge is 0.311 e. The highest BCUT2D eigenvalue weighted by Crippen LogP contribution is 2.21. The van der Waals surface area contributed by atoms with Crippen molar-refractivity contribution < 1.29 is 0 Å². The molecule has 3 nitrogen and oxygen atoms in total. The molecule has 1 aromatic heterocycles. The smallest absolute Gasteiger partial charge is 0.110 e.